The van der Waals surface area contributed by atoms with Gasteiger partial charge in [0.2, 0.25) is 5.91 Å². The van der Waals surface area contributed by atoms with Gasteiger partial charge >= 0.3 is 6.08 Å². The zero-order valence-electron chi connectivity index (χ0n) is 18.3. The number of anilines is 1. The number of halogens is 2. The number of rotatable bonds is 6. The van der Waals surface area contributed by atoms with Crippen molar-refractivity contribution in [3.63, 3.8) is 0 Å². The van der Waals surface area contributed by atoms with Crippen LogP contribution in [0, 0.1) is 15.1 Å². The van der Waals surface area contributed by atoms with E-state index in [1.54, 1.807) is 0 Å². The molecule has 8 nitrogen and oxygen atoms in total. The average Bonchev–Trinajstić information content (AvgIpc) is 3.29. The molecule has 0 saturated carbocycles. The molecular formula is C22H26FIN6O2. The zero-order valence-corrected chi connectivity index (χ0v) is 20.5. The summed E-state index contributed by atoms with van der Waals surface area (Å²) in [4.78, 5) is 24.4. The zero-order chi connectivity index (χ0) is 23.0. The summed E-state index contributed by atoms with van der Waals surface area (Å²) in [7, 11) is 0. The fourth-order valence-electron chi connectivity index (χ4n) is 3.66. The minimum atomic E-state index is -0.885. The summed E-state index contributed by atoms with van der Waals surface area (Å²) in [6.07, 6.45) is 1.18. The molecule has 0 radical (unpaired) electrons. The summed E-state index contributed by atoms with van der Waals surface area (Å²) in [5.74, 6) is 1.61. The van der Waals surface area contributed by atoms with Gasteiger partial charge in [-0.3, -0.25) is 4.79 Å². The van der Waals surface area contributed by atoms with Crippen LogP contribution in [-0.4, -0.2) is 38.6 Å². The molecule has 1 aliphatic heterocycles. The van der Waals surface area contributed by atoms with Crippen molar-refractivity contribution in [2.45, 2.75) is 46.6 Å². The highest BCUT2D eigenvalue weighted by molar-refractivity contribution is 14.1. The van der Waals surface area contributed by atoms with Crippen LogP contribution in [0.2, 0.25) is 0 Å². The topological polar surface area (TPSA) is 108 Å². The largest absolute Gasteiger partial charge is 0.493 e. The van der Waals surface area contributed by atoms with Crippen LogP contribution in [0.3, 0.4) is 0 Å². The molecule has 1 aliphatic rings. The second-order valence-corrected chi connectivity index (χ2v) is 10.1. The van der Waals surface area contributed by atoms with E-state index < -0.39 is 11.5 Å². The number of hydrogen-bond donors (Lipinski definition) is 2. The summed E-state index contributed by atoms with van der Waals surface area (Å²) in [5.41, 5.74) is 8.49. The highest BCUT2D eigenvalue weighted by atomic mass is 127. The number of fused-ring (bicyclic) bond motifs is 2. The van der Waals surface area contributed by atoms with Crippen LogP contribution in [0.15, 0.2) is 12.1 Å². The van der Waals surface area contributed by atoms with E-state index >= 15 is 0 Å². The molecule has 1 amide bonds. The number of carbonyl (C=O) groups excluding carboxylic acids is 1. The maximum absolute atomic E-state index is 13.9. The first-order valence-corrected chi connectivity index (χ1v) is 11.6. The lowest BCUT2D eigenvalue weighted by molar-refractivity contribution is -0.128. The van der Waals surface area contributed by atoms with Crippen molar-refractivity contribution in [3.8, 4) is 5.75 Å². The van der Waals surface area contributed by atoms with Crippen LogP contribution < -0.4 is 15.8 Å². The molecule has 3 N–H and O–H groups in total. The molecule has 4 rings (SSSR count). The van der Waals surface area contributed by atoms with Crippen molar-refractivity contribution in [3.05, 3.63) is 38.7 Å². The third-order valence-corrected chi connectivity index (χ3v) is 6.41. The molecule has 10 heteroatoms. The number of aryl methyl sites for hydroxylation is 1. The van der Waals surface area contributed by atoms with Gasteiger partial charge in [0.05, 0.1) is 6.61 Å². The van der Waals surface area contributed by atoms with E-state index in [0.29, 0.717) is 49.5 Å². The lowest BCUT2D eigenvalue weighted by Crippen LogP contribution is -2.35. The summed E-state index contributed by atoms with van der Waals surface area (Å²) < 4.78 is 22.6. The van der Waals surface area contributed by atoms with Crippen LogP contribution in [0.25, 0.3) is 11.2 Å². The third kappa shape index (κ3) is 4.64. The van der Waals surface area contributed by atoms with Crippen molar-refractivity contribution in [2.24, 2.45) is 5.41 Å². The van der Waals surface area contributed by atoms with Crippen LogP contribution >= 0.6 is 22.6 Å². The quantitative estimate of drug-likeness (QED) is 0.276. The molecule has 32 heavy (non-hydrogen) atoms. The maximum atomic E-state index is 13.9. The van der Waals surface area contributed by atoms with E-state index in [4.69, 9.17) is 10.5 Å². The highest BCUT2D eigenvalue weighted by Gasteiger charge is 2.22. The van der Waals surface area contributed by atoms with Gasteiger partial charge in [0.25, 0.3) is 0 Å². The smallest absolute Gasteiger partial charge is 0.312 e. The third-order valence-electron chi connectivity index (χ3n) is 5.41. The highest BCUT2D eigenvalue weighted by Crippen LogP contribution is 2.31. The monoisotopic (exact) mass is 552 g/mol. The van der Waals surface area contributed by atoms with Gasteiger partial charge in [-0.15, -0.1) is 0 Å². The second kappa shape index (κ2) is 8.80. The number of carbonyl (C=O) groups is 1. The first-order chi connectivity index (χ1) is 15.1. The second-order valence-electron chi connectivity index (χ2n) is 8.92. The van der Waals surface area contributed by atoms with Crippen molar-refractivity contribution < 1.29 is 13.9 Å². The van der Waals surface area contributed by atoms with Crippen molar-refractivity contribution in [1.82, 2.24) is 24.8 Å². The van der Waals surface area contributed by atoms with Gasteiger partial charge in [-0.1, -0.05) is 20.8 Å². The van der Waals surface area contributed by atoms with E-state index in [-0.39, 0.29) is 11.7 Å². The van der Waals surface area contributed by atoms with Crippen molar-refractivity contribution in [1.29, 1.82) is 0 Å². The Labute approximate surface area is 199 Å². The number of ether oxygens (including phenoxy) is 1. The van der Waals surface area contributed by atoms with Gasteiger partial charge in [-0.2, -0.15) is 14.4 Å². The van der Waals surface area contributed by atoms with E-state index in [9.17, 15) is 9.18 Å². The number of nitrogen functional groups attached to an aromatic ring is 1. The Morgan fingerprint density at radius 1 is 1.31 bits per heavy atom. The molecule has 0 unspecified atom stereocenters. The van der Waals surface area contributed by atoms with E-state index in [0.717, 1.165) is 21.3 Å². The molecule has 0 atom stereocenters. The van der Waals surface area contributed by atoms with Crippen LogP contribution in [0.4, 0.5) is 10.2 Å². The SMILES string of the molecule is CC(C)(C)C(=O)NCCCn1c(Cc2cc3c(cc2I)CCO3)nc2c(N)nc(F)nc21. The van der Waals surface area contributed by atoms with Crippen molar-refractivity contribution >= 4 is 45.5 Å². The molecule has 0 aliphatic carbocycles. The van der Waals surface area contributed by atoms with Crippen LogP contribution in [0.5, 0.6) is 5.75 Å². The first-order valence-electron chi connectivity index (χ1n) is 10.5. The molecule has 1 aromatic carbocycles. The lowest BCUT2D eigenvalue weighted by Gasteiger charge is -2.18. The molecule has 0 spiro atoms. The summed E-state index contributed by atoms with van der Waals surface area (Å²) in [6.45, 7) is 7.29. The maximum Gasteiger partial charge on any atom is 0.312 e. The minimum Gasteiger partial charge on any atom is -0.493 e. The Hall–Kier alpha value is -2.50. The molecule has 3 heterocycles. The summed E-state index contributed by atoms with van der Waals surface area (Å²) >= 11 is 2.32. The molecule has 3 aromatic rings. The van der Waals surface area contributed by atoms with Crippen LogP contribution in [-0.2, 0) is 24.2 Å². The van der Waals surface area contributed by atoms with Gasteiger partial charge in [0.15, 0.2) is 17.0 Å². The number of benzene rings is 1. The number of nitrogens with zero attached hydrogens (tertiary/aromatic N) is 4. The predicted octanol–water partition coefficient (Wildman–Crippen LogP) is 3.23. The number of nitrogens with two attached hydrogens (primary N) is 1. The molecule has 170 valence electrons. The molecule has 0 saturated heterocycles. The van der Waals surface area contributed by atoms with E-state index in [1.807, 2.05) is 31.4 Å². The number of nitrogens with one attached hydrogen (secondary N) is 1. The fraction of sp³-hybridized carbons (Fsp3) is 0.455. The number of amides is 1. The van der Waals surface area contributed by atoms with Gasteiger partial charge in [0.1, 0.15) is 11.6 Å². The average molecular weight is 552 g/mol. The van der Waals surface area contributed by atoms with Gasteiger partial charge in [-0.05, 0) is 52.3 Å². The number of aromatic nitrogens is 4. The predicted molar refractivity (Wildman–Crippen MR) is 128 cm³/mol. The minimum absolute atomic E-state index is 0.0144. The molecule has 0 fully saturated rings. The van der Waals surface area contributed by atoms with Crippen molar-refractivity contribution in [2.75, 3.05) is 18.9 Å². The Kier molecular flexibility index (Phi) is 6.24. The first kappa shape index (κ1) is 22.7. The number of hydrogen-bond acceptors (Lipinski definition) is 6. The Morgan fingerprint density at radius 3 is 2.84 bits per heavy atom. The summed E-state index contributed by atoms with van der Waals surface area (Å²) in [5, 5.41) is 2.94. The molecule has 2 aromatic heterocycles. The van der Waals surface area contributed by atoms with E-state index in [2.05, 4.69) is 48.9 Å². The molecular weight excluding hydrogens is 526 g/mol. The van der Waals surface area contributed by atoms with E-state index in [1.165, 1.54) is 5.56 Å². The lowest BCUT2D eigenvalue weighted by atomic mass is 9.96. The normalized spacial score (nSPS) is 13.3. The number of imidazole rings is 1. The van der Waals surface area contributed by atoms with Gasteiger partial charge < -0.3 is 20.4 Å². The standard InChI is InChI=1S/C22H26FIN6O2/c1-22(2,3)20(31)26-6-4-7-30-16(27-17-18(25)28-21(23)29-19(17)30)11-13-10-15-12(5-8-32-15)9-14(13)24/h9-10H,4-8,11H2,1-3H3,(H,26,31)(H2,25,28,29). The summed E-state index contributed by atoms with van der Waals surface area (Å²) in [6, 6.07) is 4.19. The van der Waals surface area contributed by atoms with Crippen LogP contribution in [0.1, 0.15) is 44.1 Å². The van der Waals surface area contributed by atoms with Gasteiger partial charge in [-0.25, -0.2) is 4.98 Å². The van der Waals surface area contributed by atoms with Gasteiger partial charge in [0, 0.05) is 34.9 Å². The Balaban J connectivity index is 1.62. The Morgan fingerprint density at radius 2 is 2.09 bits per heavy atom. The Bertz CT molecular complexity index is 1190. The molecule has 0 bridgehead atoms. The fourth-order valence-corrected chi connectivity index (χ4v) is 4.38.